The average molecular weight is 149 g/mol. The number of carboxylic acid groups (broad SMARTS) is 1. The highest BCUT2D eigenvalue weighted by Crippen LogP contribution is 1.71. The van der Waals surface area contributed by atoms with Crippen LogP contribution in [0.3, 0.4) is 0 Å². The van der Waals surface area contributed by atoms with E-state index >= 15 is 0 Å². The molecule has 0 aromatic rings. The molecule has 0 unspecified atom stereocenters. The van der Waals surface area contributed by atoms with Gasteiger partial charge in [0.05, 0.1) is 12.9 Å². The second-order valence-corrected chi connectivity index (χ2v) is 1.31. The van der Waals surface area contributed by atoms with Crippen LogP contribution in [0, 0.1) is 0 Å². The SMILES string of the molecule is C=CO.N[C@@H](CO)C(=O)O. The molecule has 0 rings (SSSR count). The molecular formula is C5H11NO4. The van der Waals surface area contributed by atoms with Gasteiger partial charge in [-0.1, -0.05) is 6.58 Å². The molecule has 1 atom stereocenters. The van der Waals surface area contributed by atoms with Crippen molar-refractivity contribution in [1.29, 1.82) is 0 Å². The summed E-state index contributed by atoms with van der Waals surface area (Å²) >= 11 is 0. The van der Waals surface area contributed by atoms with Crippen molar-refractivity contribution in [2.45, 2.75) is 6.04 Å². The fourth-order valence-electron chi connectivity index (χ4n) is 0.0781. The summed E-state index contributed by atoms with van der Waals surface area (Å²) in [7, 11) is 0. The predicted octanol–water partition coefficient (Wildman–Crippen LogP) is -0.921. The lowest BCUT2D eigenvalue weighted by Crippen LogP contribution is -2.33. The summed E-state index contributed by atoms with van der Waals surface area (Å²) in [5.41, 5.74) is 4.77. The van der Waals surface area contributed by atoms with Gasteiger partial charge in [0.2, 0.25) is 0 Å². The van der Waals surface area contributed by atoms with Gasteiger partial charge in [-0.2, -0.15) is 0 Å². The highest BCUT2D eigenvalue weighted by atomic mass is 16.4. The number of aliphatic hydroxyl groups is 2. The first-order chi connectivity index (χ1) is 4.59. The Morgan fingerprint density at radius 1 is 1.80 bits per heavy atom. The number of aliphatic carboxylic acids is 1. The maximum atomic E-state index is 9.65. The zero-order valence-corrected chi connectivity index (χ0v) is 5.40. The maximum absolute atomic E-state index is 9.65. The van der Waals surface area contributed by atoms with E-state index in [1.165, 1.54) is 0 Å². The number of carboxylic acids is 1. The number of hydrogen-bond donors (Lipinski definition) is 4. The lowest BCUT2D eigenvalue weighted by molar-refractivity contribution is -0.139. The summed E-state index contributed by atoms with van der Waals surface area (Å²) in [6.07, 6.45) is 0.750. The van der Waals surface area contributed by atoms with Crippen molar-refractivity contribution in [3.63, 3.8) is 0 Å². The third-order valence-corrected chi connectivity index (χ3v) is 0.514. The van der Waals surface area contributed by atoms with Gasteiger partial charge in [-0.15, -0.1) is 0 Å². The fraction of sp³-hybridized carbons (Fsp3) is 0.400. The van der Waals surface area contributed by atoms with Crippen molar-refractivity contribution in [3.8, 4) is 0 Å². The Morgan fingerprint density at radius 2 is 2.10 bits per heavy atom. The maximum Gasteiger partial charge on any atom is 0.322 e. The standard InChI is InChI=1S/C3H7NO3.C2H4O/c4-2(1-5)3(6)7;1-2-3/h2,5H,1,4H2,(H,6,7);2-3H,1H2/t2-;/m0./s1. The van der Waals surface area contributed by atoms with E-state index in [0.717, 1.165) is 6.26 Å². The summed E-state index contributed by atoms with van der Waals surface area (Å²) in [4.78, 5) is 9.65. The van der Waals surface area contributed by atoms with Crippen LogP contribution in [0.1, 0.15) is 0 Å². The van der Waals surface area contributed by atoms with Crippen LogP contribution in [0.4, 0.5) is 0 Å². The Labute approximate surface area is 58.4 Å². The first kappa shape index (κ1) is 11.7. The van der Waals surface area contributed by atoms with E-state index in [9.17, 15) is 4.79 Å². The Kier molecular flexibility index (Phi) is 9.27. The van der Waals surface area contributed by atoms with Crippen molar-refractivity contribution >= 4 is 5.97 Å². The quantitative estimate of drug-likeness (QED) is 0.380. The van der Waals surface area contributed by atoms with Crippen LogP contribution in [0.25, 0.3) is 0 Å². The summed E-state index contributed by atoms with van der Waals surface area (Å²) in [5, 5.41) is 23.2. The summed E-state index contributed by atoms with van der Waals surface area (Å²) in [6.45, 7) is 2.41. The van der Waals surface area contributed by atoms with Crippen molar-refractivity contribution in [3.05, 3.63) is 12.8 Å². The third kappa shape index (κ3) is 10.0. The minimum absolute atomic E-state index is 0.505. The number of aliphatic hydroxyl groups excluding tert-OH is 2. The molecule has 10 heavy (non-hydrogen) atoms. The molecule has 60 valence electrons. The molecule has 0 bridgehead atoms. The van der Waals surface area contributed by atoms with E-state index in [0.29, 0.717) is 0 Å². The van der Waals surface area contributed by atoms with Gasteiger partial charge in [-0.25, -0.2) is 0 Å². The van der Waals surface area contributed by atoms with E-state index in [1.807, 2.05) is 0 Å². The number of carbonyl (C=O) groups is 1. The van der Waals surface area contributed by atoms with Gasteiger partial charge in [0.1, 0.15) is 6.04 Å². The van der Waals surface area contributed by atoms with Gasteiger partial charge in [0.25, 0.3) is 0 Å². The fourth-order valence-corrected chi connectivity index (χ4v) is 0.0781. The first-order valence-corrected chi connectivity index (χ1v) is 2.44. The van der Waals surface area contributed by atoms with Crippen molar-refractivity contribution in [1.82, 2.24) is 0 Å². The van der Waals surface area contributed by atoms with Crippen molar-refractivity contribution in [2.75, 3.05) is 6.61 Å². The molecule has 0 aliphatic heterocycles. The minimum Gasteiger partial charge on any atom is -0.516 e. The van der Waals surface area contributed by atoms with E-state index in [1.54, 1.807) is 0 Å². The Hall–Kier alpha value is -1.07. The summed E-state index contributed by atoms with van der Waals surface area (Å²) in [5.74, 6) is -1.18. The van der Waals surface area contributed by atoms with Gasteiger partial charge in [0, 0.05) is 0 Å². The smallest absolute Gasteiger partial charge is 0.322 e. The third-order valence-electron chi connectivity index (χ3n) is 0.514. The largest absolute Gasteiger partial charge is 0.516 e. The van der Waals surface area contributed by atoms with Gasteiger partial charge < -0.3 is 21.1 Å². The van der Waals surface area contributed by atoms with Crippen LogP contribution < -0.4 is 5.73 Å². The topological polar surface area (TPSA) is 104 Å². The Bertz CT molecular complexity index is 104. The van der Waals surface area contributed by atoms with Gasteiger partial charge >= 0.3 is 5.97 Å². The molecule has 0 aliphatic carbocycles. The lowest BCUT2D eigenvalue weighted by atomic mass is 10.3. The summed E-state index contributed by atoms with van der Waals surface area (Å²) < 4.78 is 0. The Balaban J connectivity index is 0. The molecule has 5 nitrogen and oxygen atoms in total. The van der Waals surface area contributed by atoms with Gasteiger partial charge in [0.15, 0.2) is 0 Å². The molecule has 0 aromatic carbocycles. The number of hydrogen-bond acceptors (Lipinski definition) is 4. The molecule has 5 heteroatoms. The highest BCUT2D eigenvalue weighted by molar-refractivity contribution is 5.73. The number of nitrogens with two attached hydrogens (primary N) is 1. The highest BCUT2D eigenvalue weighted by Gasteiger charge is 2.06. The molecule has 0 spiro atoms. The second-order valence-electron chi connectivity index (χ2n) is 1.31. The first-order valence-electron chi connectivity index (χ1n) is 2.44. The average Bonchev–Trinajstić information content (AvgIpc) is 1.88. The molecule has 0 saturated carbocycles. The summed E-state index contributed by atoms with van der Waals surface area (Å²) in [6, 6.07) is -1.13. The van der Waals surface area contributed by atoms with Crippen LogP contribution >= 0.6 is 0 Å². The van der Waals surface area contributed by atoms with Gasteiger partial charge in [-0.3, -0.25) is 4.79 Å². The lowest BCUT2D eigenvalue weighted by Gasteiger charge is -1.96. The van der Waals surface area contributed by atoms with Crippen LogP contribution in [-0.4, -0.2) is 33.9 Å². The van der Waals surface area contributed by atoms with E-state index in [2.05, 4.69) is 6.58 Å². The molecule has 0 radical (unpaired) electrons. The Morgan fingerprint density at radius 3 is 2.10 bits per heavy atom. The predicted molar refractivity (Wildman–Crippen MR) is 35.5 cm³/mol. The zero-order valence-electron chi connectivity index (χ0n) is 5.40. The molecular weight excluding hydrogens is 138 g/mol. The molecule has 0 amide bonds. The van der Waals surface area contributed by atoms with Crippen LogP contribution in [-0.2, 0) is 4.79 Å². The van der Waals surface area contributed by atoms with E-state index in [-0.39, 0.29) is 0 Å². The number of rotatable bonds is 2. The van der Waals surface area contributed by atoms with E-state index in [4.69, 9.17) is 21.1 Å². The van der Waals surface area contributed by atoms with Crippen LogP contribution in [0.2, 0.25) is 0 Å². The van der Waals surface area contributed by atoms with E-state index < -0.39 is 18.6 Å². The molecule has 0 aromatic heterocycles. The zero-order chi connectivity index (χ0) is 8.57. The molecule has 0 heterocycles. The van der Waals surface area contributed by atoms with Crippen LogP contribution in [0.5, 0.6) is 0 Å². The minimum atomic E-state index is -1.18. The van der Waals surface area contributed by atoms with Crippen molar-refractivity contribution in [2.24, 2.45) is 5.73 Å². The molecule has 0 saturated heterocycles. The molecule has 0 aliphatic rings. The monoisotopic (exact) mass is 149 g/mol. The molecule has 5 N–H and O–H groups in total. The second kappa shape index (κ2) is 7.93. The molecule has 0 fully saturated rings. The normalized spacial score (nSPS) is 10.6. The van der Waals surface area contributed by atoms with Gasteiger partial charge in [-0.05, 0) is 0 Å². The van der Waals surface area contributed by atoms with Crippen LogP contribution in [0.15, 0.2) is 12.8 Å². The van der Waals surface area contributed by atoms with Crippen molar-refractivity contribution < 1.29 is 20.1 Å².